The Hall–Kier alpha value is -1.53. The van der Waals surface area contributed by atoms with Crippen LogP contribution in [0.3, 0.4) is 0 Å². The van der Waals surface area contributed by atoms with Crippen molar-refractivity contribution in [1.82, 2.24) is 15.1 Å². The Labute approximate surface area is 141 Å². The summed E-state index contributed by atoms with van der Waals surface area (Å²) in [7, 11) is 2.18. The van der Waals surface area contributed by atoms with Gasteiger partial charge >= 0.3 is 0 Å². The van der Waals surface area contributed by atoms with Crippen LogP contribution in [-0.2, 0) is 6.61 Å². The van der Waals surface area contributed by atoms with Crippen LogP contribution in [0.5, 0.6) is 5.75 Å². The molecule has 23 heavy (non-hydrogen) atoms. The molecular formula is C17H23N3O2S. The van der Waals surface area contributed by atoms with E-state index >= 15 is 0 Å². The molecule has 0 bridgehead atoms. The van der Waals surface area contributed by atoms with E-state index in [9.17, 15) is 0 Å². The van der Waals surface area contributed by atoms with Crippen molar-refractivity contribution in [1.29, 1.82) is 0 Å². The molecule has 1 aromatic heterocycles. The zero-order valence-electron chi connectivity index (χ0n) is 13.7. The molecule has 0 radical (unpaired) electrons. The van der Waals surface area contributed by atoms with E-state index in [1.54, 1.807) is 11.8 Å². The number of ether oxygens (including phenoxy) is 1. The molecule has 6 heteroatoms. The first kappa shape index (κ1) is 16.3. The highest BCUT2D eigenvalue weighted by Gasteiger charge is 2.18. The van der Waals surface area contributed by atoms with Crippen LogP contribution in [0.4, 0.5) is 0 Å². The number of benzene rings is 1. The maximum Gasteiger partial charge on any atom is 0.276 e. The van der Waals surface area contributed by atoms with Gasteiger partial charge in [0.25, 0.3) is 11.1 Å². The van der Waals surface area contributed by atoms with Crippen LogP contribution in [0.2, 0.25) is 0 Å². The number of hydrogen-bond donors (Lipinski definition) is 0. The third-order valence-electron chi connectivity index (χ3n) is 3.96. The maximum absolute atomic E-state index is 5.68. The number of likely N-dealkylation sites (tertiary alicyclic amines) is 1. The minimum atomic E-state index is 0.309. The minimum Gasteiger partial charge on any atom is -0.484 e. The Bertz CT molecular complexity index is 632. The molecule has 0 unspecified atom stereocenters. The van der Waals surface area contributed by atoms with Gasteiger partial charge in [-0.15, -0.1) is 10.2 Å². The largest absolute Gasteiger partial charge is 0.484 e. The van der Waals surface area contributed by atoms with E-state index in [4.69, 9.17) is 9.15 Å². The standard InChI is InChI=1S/C17H23N3O2S/c1-13-5-3-7-15(9-13)21-11-16-18-19-17(22-16)23-12-14-6-4-8-20(2)10-14/h3,5,7,9,14H,4,6,8,10-12H2,1-2H3/t14-/m0/s1. The zero-order chi connectivity index (χ0) is 16.1. The van der Waals surface area contributed by atoms with Gasteiger partial charge in [-0.2, -0.15) is 0 Å². The van der Waals surface area contributed by atoms with Gasteiger partial charge in [-0.05, 0) is 57.0 Å². The highest BCUT2D eigenvalue weighted by atomic mass is 32.2. The predicted molar refractivity (Wildman–Crippen MR) is 90.8 cm³/mol. The first-order chi connectivity index (χ1) is 11.2. The maximum atomic E-state index is 5.68. The molecule has 1 aliphatic rings. The lowest BCUT2D eigenvalue weighted by atomic mass is 10.0. The Morgan fingerprint density at radius 2 is 2.30 bits per heavy atom. The van der Waals surface area contributed by atoms with Crippen LogP contribution < -0.4 is 4.74 Å². The summed E-state index contributed by atoms with van der Waals surface area (Å²) >= 11 is 1.65. The summed E-state index contributed by atoms with van der Waals surface area (Å²) in [5.41, 5.74) is 1.17. The van der Waals surface area contributed by atoms with Crippen molar-refractivity contribution in [3.05, 3.63) is 35.7 Å². The number of nitrogens with zero attached hydrogens (tertiary/aromatic N) is 3. The molecule has 5 nitrogen and oxygen atoms in total. The molecule has 0 spiro atoms. The van der Waals surface area contributed by atoms with E-state index in [0.717, 1.165) is 18.0 Å². The monoisotopic (exact) mass is 333 g/mol. The summed E-state index contributed by atoms with van der Waals surface area (Å²) in [5, 5.41) is 8.80. The topological polar surface area (TPSA) is 51.4 Å². The second-order valence-corrected chi connectivity index (χ2v) is 7.12. The van der Waals surface area contributed by atoms with Crippen molar-refractivity contribution in [2.75, 3.05) is 25.9 Å². The fourth-order valence-electron chi connectivity index (χ4n) is 2.80. The Morgan fingerprint density at radius 1 is 1.39 bits per heavy atom. The quantitative estimate of drug-likeness (QED) is 0.755. The highest BCUT2D eigenvalue weighted by Crippen LogP contribution is 2.25. The lowest BCUT2D eigenvalue weighted by Gasteiger charge is -2.28. The summed E-state index contributed by atoms with van der Waals surface area (Å²) in [6.07, 6.45) is 2.57. The van der Waals surface area contributed by atoms with Gasteiger partial charge < -0.3 is 14.1 Å². The number of piperidine rings is 1. The predicted octanol–water partition coefficient (Wildman–Crippen LogP) is 3.39. The number of aryl methyl sites for hydroxylation is 1. The number of hydrogen-bond acceptors (Lipinski definition) is 6. The van der Waals surface area contributed by atoms with Crippen molar-refractivity contribution in [2.24, 2.45) is 5.92 Å². The molecular weight excluding hydrogens is 310 g/mol. The lowest BCUT2D eigenvalue weighted by Crippen LogP contribution is -2.33. The Morgan fingerprint density at radius 3 is 3.13 bits per heavy atom. The van der Waals surface area contributed by atoms with Gasteiger partial charge in [-0.1, -0.05) is 23.9 Å². The van der Waals surface area contributed by atoms with Gasteiger partial charge in [0, 0.05) is 12.3 Å². The van der Waals surface area contributed by atoms with Crippen molar-refractivity contribution >= 4 is 11.8 Å². The van der Waals surface area contributed by atoms with E-state index in [-0.39, 0.29) is 0 Å². The van der Waals surface area contributed by atoms with Crippen molar-refractivity contribution in [3.8, 4) is 5.75 Å². The minimum absolute atomic E-state index is 0.309. The van der Waals surface area contributed by atoms with Crippen LogP contribution in [0.15, 0.2) is 33.9 Å². The molecule has 124 valence electrons. The SMILES string of the molecule is Cc1cccc(OCc2nnc(SC[C@H]3CCCN(C)C3)o2)c1. The van der Waals surface area contributed by atoms with E-state index in [1.807, 2.05) is 31.2 Å². The molecule has 1 aromatic carbocycles. The number of thioether (sulfide) groups is 1. The van der Waals surface area contributed by atoms with E-state index in [2.05, 4.69) is 22.1 Å². The average molecular weight is 333 g/mol. The molecule has 0 amide bonds. The molecule has 0 aliphatic carbocycles. The molecule has 0 saturated carbocycles. The third-order valence-corrected chi connectivity index (χ3v) is 5.01. The second kappa shape index (κ2) is 7.84. The van der Waals surface area contributed by atoms with Crippen LogP contribution in [0.25, 0.3) is 0 Å². The van der Waals surface area contributed by atoms with Gasteiger partial charge in [-0.25, -0.2) is 0 Å². The molecule has 2 aromatic rings. The summed E-state index contributed by atoms with van der Waals surface area (Å²) in [6.45, 7) is 4.72. The fraction of sp³-hybridized carbons (Fsp3) is 0.529. The summed E-state index contributed by atoms with van der Waals surface area (Å²) in [6, 6.07) is 7.93. The molecule has 1 atom stereocenters. The second-order valence-electron chi connectivity index (χ2n) is 6.15. The summed E-state index contributed by atoms with van der Waals surface area (Å²) in [5.74, 6) is 3.08. The van der Waals surface area contributed by atoms with Crippen LogP contribution in [0.1, 0.15) is 24.3 Å². The fourth-order valence-corrected chi connectivity index (χ4v) is 3.71. The van der Waals surface area contributed by atoms with E-state index < -0.39 is 0 Å². The van der Waals surface area contributed by atoms with E-state index in [0.29, 0.717) is 23.6 Å². The first-order valence-corrected chi connectivity index (χ1v) is 9.01. The van der Waals surface area contributed by atoms with Crippen LogP contribution in [0, 0.1) is 12.8 Å². The third kappa shape index (κ3) is 4.97. The van der Waals surface area contributed by atoms with Crippen molar-refractivity contribution in [3.63, 3.8) is 0 Å². The molecule has 1 saturated heterocycles. The van der Waals surface area contributed by atoms with Crippen molar-refractivity contribution < 1.29 is 9.15 Å². The van der Waals surface area contributed by atoms with Gasteiger partial charge in [-0.3, -0.25) is 0 Å². The summed E-state index contributed by atoms with van der Waals surface area (Å²) in [4.78, 5) is 2.39. The zero-order valence-corrected chi connectivity index (χ0v) is 14.5. The molecule has 1 aliphatic heterocycles. The molecule has 0 N–H and O–H groups in total. The van der Waals surface area contributed by atoms with Gasteiger partial charge in [0.1, 0.15) is 5.75 Å². The first-order valence-electron chi connectivity index (χ1n) is 8.02. The van der Waals surface area contributed by atoms with Gasteiger partial charge in [0.15, 0.2) is 6.61 Å². The Kier molecular flexibility index (Phi) is 5.56. The van der Waals surface area contributed by atoms with Gasteiger partial charge in [0.2, 0.25) is 0 Å². The van der Waals surface area contributed by atoms with Crippen LogP contribution in [-0.4, -0.2) is 41.0 Å². The van der Waals surface area contributed by atoms with Crippen molar-refractivity contribution in [2.45, 2.75) is 31.6 Å². The number of rotatable bonds is 6. The Balaban J connectivity index is 1.46. The number of aromatic nitrogens is 2. The summed E-state index contributed by atoms with van der Waals surface area (Å²) < 4.78 is 11.3. The van der Waals surface area contributed by atoms with Gasteiger partial charge in [0.05, 0.1) is 0 Å². The van der Waals surface area contributed by atoms with E-state index in [1.165, 1.54) is 24.9 Å². The smallest absolute Gasteiger partial charge is 0.276 e. The average Bonchev–Trinajstić information content (AvgIpc) is 2.99. The highest BCUT2D eigenvalue weighted by molar-refractivity contribution is 7.99. The molecule has 1 fully saturated rings. The normalized spacial score (nSPS) is 19.0. The lowest BCUT2D eigenvalue weighted by molar-refractivity contribution is 0.224. The molecule has 2 heterocycles. The van der Waals surface area contributed by atoms with Crippen LogP contribution >= 0.6 is 11.8 Å². The molecule has 3 rings (SSSR count).